The van der Waals surface area contributed by atoms with Gasteiger partial charge in [0.25, 0.3) is 5.91 Å². The summed E-state index contributed by atoms with van der Waals surface area (Å²) in [6, 6.07) is 9.96. The lowest BCUT2D eigenvalue weighted by atomic mass is 10.1. The monoisotopic (exact) mass is 394 g/mol. The van der Waals surface area contributed by atoms with Crippen LogP contribution in [0.25, 0.3) is 16.6 Å². The van der Waals surface area contributed by atoms with Gasteiger partial charge < -0.3 is 10.0 Å². The van der Waals surface area contributed by atoms with Crippen molar-refractivity contribution in [3.05, 3.63) is 47.9 Å². The van der Waals surface area contributed by atoms with Gasteiger partial charge in [-0.25, -0.2) is 4.68 Å². The first-order chi connectivity index (χ1) is 14.0. The molecule has 152 valence electrons. The Labute approximate surface area is 169 Å². The fourth-order valence-electron chi connectivity index (χ4n) is 3.95. The molecule has 8 heteroatoms. The number of carbonyl (C=O) groups excluding carboxylic acids is 1. The molecule has 1 N–H and O–H groups in total. The Morgan fingerprint density at radius 3 is 2.83 bits per heavy atom. The minimum atomic E-state index is -0.379. The summed E-state index contributed by atoms with van der Waals surface area (Å²) in [5.74, 6) is -0.106. The van der Waals surface area contributed by atoms with Gasteiger partial charge >= 0.3 is 0 Å². The Bertz CT molecular complexity index is 1030. The minimum Gasteiger partial charge on any atom is -0.392 e. The van der Waals surface area contributed by atoms with E-state index < -0.39 is 0 Å². The first kappa shape index (κ1) is 19.5. The molecule has 1 amide bonds. The van der Waals surface area contributed by atoms with Gasteiger partial charge in [-0.1, -0.05) is 23.4 Å². The number of aliphatic hydroxyl groups is 1. The molecule has 0 bridgehead atoms. The van der Waals surface area contributed by atoms with E-state index in [9.17, 15) is 9.90 Å². The molecule has 4 rings (SSSR count). The highest BCUT2D eigenvalue weighted by atomic mass is 16.3. The van der Waals surface area contributed by atoms with Crippen molar-refractivity contribution in [1.29, 1.82) is 0 Å². The molecule has 29 heavy (non-hydrogen) atoms. The van der Waals surface area contributed by atoms with Crippen LogP contribution in [0.3, 0.4) is 0 Å². The number of rotatable bonds is 4. The standard InChI is InChI=1S/C21H26N6O2/c1-14-12-26(11-10-25(14)13-15(2)28)21(29)19-16(3)27(24-23-19)18-8-4-6-17-7-5-9-22-20(17)18/h4-9,14-15,28H,10-13H2,1-3H3/t14-,15-/m1/s1. The minimum absolute atomic E-state index is 0.106. The molecular formula is C21H26N6O2. The van der Waals surface area contributed by atoms with Gasteiger partial charge in [-0.05, 0) is 32.9 Å². The van der Waals surface area contributed by atoms with E-state index in [1.807, 2.05) is 42.2 Å². The lowest BCUT2D eigenvalue weighted by molar-refractivity contribution is 0.0361. The number of piperazine rings is 1. The zero-order chi connectivity index (χ0) is 20.5. The average Bonchev–Trinajstić information content (AvgIpc) is 3.09. The number of fused-ring (bicyclic) bond motifs is 1. The topological polar surface area (TPSA) is 87.4 Å². The van der Waals surface area contributed by atoms with Crippen LogP contribution < -0.4 is 0 Å². The van der Waals surface area contributed by atoms with E-state index in [2.05, 4.69) is 27.1 Å². The van der Waals surface area contributed by atoms with Crippen molar-refractivity contribution in [2.45, 2.75) is 32.9 Å². The fourth-order valence-corrected chi connectivity index (χ4v) is 3.95. The van der Waals surface area contributed by atoms with E-state index in [4.69, 9.17) is 0 Å². The van der Waals surface area contributed by atoms with Gasteiger partial charge in [0, 0.05) is 43.8 Å². The van der Waals surface area contributed by atoms with Crippen LogP contribution in [0.4, 0.5) is 0 Å². The van der Waals surface area contributed by atoms with Crippen LogP contribution in [-0.2, 0) is 0 Å². The zero-order valence-corrected chi connectivity index (χ0v) is 17.0. The first-order valence-corrected chi connectivity index (χ1v) is 9.93. The van der Waals surface area contributed by atoms with Crippen LogP contribution in [-0.4, -0.2) is 79.1 Å². The number of hydrogen-bond acceptors (Lipinski definition) is 6. The van der Waals surface area contributed by atoms with Crippen molar-refractivity contribution >= 4 is 16.8 Å². The Balaban J connectivity index is 1.58. The Morgan fingerprint density at radius 1 is 1.28 bits per heavy atom. The highest BCUT2D eigenvalue weighted by Gasteiger charge is 2.30. The van der Waals surface area contributed by atoms with Gasteiger partial charge in [0.1, 0.15) is 0 Å². The molecule has 0 spiro atoms. The average molecular weight is 394 g/mol. The first-order valence-electron chi connectivity index (χ1n) is 9.93. The summed E-state index contributed by atoms with van der Waals surface area (Å²) in [6.45, 7) is 8.29. The quantitative estimate of drug-likeness (QED) is 0.724. The van der Waals surface area contributed by atoms with Crippen molar-refractivity contribution in [1.82, 2.24) is 29.8 Å². The number of pyridine rings is 1. The van der Waals surface area contributed by atoms with Gasteiger partial charge in [-0.15, -0.1) is 5.10 Å². The van der Waals surface area contributed by atoms with E-state index in [1.54, 1.807) is 17.8 Å². The summed E-state index contributed by atoms with van der Waals surface area (Å²) in [4.78, 5) is 21.6. The van der Waals surface area contributed by atoms with E-state index in [0.717, 1.165) is 23.1 Å². The summed E-state index contributed by atoms with van der Waals surface area (Å²) in [5, 5.41) is 19.1. The van der Waals surface area contributed by atoms with Gasteiger partial charge in [-0.3, -0.25) is 14.7 Å². The second-order valence-electron chi connectivity index (χ2n) is 7.73. The maximum Gasteiger partial charge on any atom is 0.276 e. The molecule has 1 saturated heterocycles. The van der Waals surface area contributed by atoms with E-state index in [1.165, 1.54) is 0 Å². The molecule has 0 aliphatic carbocycles. The van der Waals surface area contributed by atoms with Crippen LogP contribution in [0.1, 0.15) is 30.0 Å². The molecule has 2 aromatic heterocycles. The van der Waals surface area contributed by atoms with Crippen molar-refractivity contribution in [2.75, 3.05) is 26.2 Å². The van der Waals surface area contributed by atoms with Crippen molar-refractivity contribution in [3.8, 4) is 5.69 Å². The highest BCUT2D eigenvalue weighted by Crippen LogP contribution is 2.22. The highest BCUT2D eigenvalue weighted by molar-refractivity contribution is 5.94. The number of para-hydroxylation sites is 1. The molecule has 0 saturated carbocycles. The summed E-state index contributed by atoms with van der Waals surface area (Å²) in [7, 11) is 0. The van der Waals surface area contributed by atoms with Gasteiger partial charge in [0.05, 0.1) is 23.0 Å². The SMILES string of the molecule is Cc1c(C(=O)N2CCN(C[C@@H](C)O)[C@H](C)C2)nnn1-c1cccc2cccnc12. The second-order valence-corrected chi connectivity index (χ2v) is 7.73. The summed E-state index contributed by atoms with van der Waals surface area (Å²) >= 11 is 0. The van der Waals surface area contributed by atoms with Crippen LogP contribution in [0, 0.1) is 6.92 Å². The third-order valence-corrected chi connectivity index (χ3v) is 5.49. The number of β-amino-alcohol motifs (C(OH)–C–C–N with tert-alkyl or cyclic N) is 1. The van der Waals surface area contributed by atoms with Gasteiger partial charge in [0.15, 0.2) is 5.69 Å². The number of nitrogens with zero attached hydrogens (tertiary/aromatic N) is 6. The molecule has 1 aromatic carbocycles. The summed E-state index contributed by atoms with van der Waals surface area (Å²) in [5.41, 5.74) is 2.70. The molecule has 0 radical (unpaired) electrons. The van der Waals surface area contributed by atoms with E-state index in [0.29, 0.717) is 31.0 Å². The second kappa shape index (κ2) is 7.88. The predicted molar refractivity (Wildman–Crippen MR) is 110 cm³/mol. The van der Waals surface area contributed by atoms with Crippen molar-refractivity contribution < 1.29 is 9.90 Å². The predicted octanol–water partition coefficient (Wildman–Crippen LogP) is 1.65. The Morgan fingerprint density at radius 2 is 2.07 bits per heavy atom. The lowest BCUT2D eigenvalue weighted by Crippen LogP contribution is -2.55. The van der Waals surface area contributed by atoms with Crippen LogP contribution in [0.2, 0.25) is 0 Å². The maximum absolute atomic E-state index is 13.1. The fraction of sp³-hybridized carbons (Fsp3) is 0.429. The molecular weight excluding hydrogens is 368 g/mol. The molecule has 1 aliphatic rings. The van der Waals surface area contributed by atoms with Gasteiger partial charge in [0.2, 0.25) is 0 Å². The van der Waals surface area contributed by atoms with Crippen LogP contribution in [0.5, 0.6) is 0 Å². The number of hydrogen-bond donors (Lipinski definition) is 1. The number of aromatic nitrogens is 4. The Hall–Kier alpha value is -2.84. The zero-order valence-electron chi connectivity index (χ0n) is 17.0. The molecule has 0 unspecified atom stereocenters. The largest absolute Gasteiger partial charge is 0.392 e. The van der Waals surface area contributed by atoms with E-state index >= 15 is 0 Å². The van der Waals surface area contributed by atoms with E-state index in [-0.39, 0.29) is 18.1 Å². The van der Waals surface area contributed by atoms with Gasteiger partial charge in [-0.2, -0.15) is 0 Å². The number of benzene rings is 1. The molecule has 8 nitrogen and oxygen atoms in total. The summed E-state index contributed by atoms with van der Waals surface area (Å²) < 4.78 is 1.69. The molecule has 3 heterocycles. The number of amides is 1. The van der Waals surface area contributed by atoms with Crippen molar-refractivity contribution in [3.63, 3.8) is 0 Å². The molecule has 1 fully saturated rings. The smallest absolute Gasteiger partial charge is 0.276 e. The lowest BCUT2D eigenvalue weighted by Gasteiger charge is -2.40. The molecule has 1 aliphatic heterocycles. The van der Waals surface area contributed by atoms with Crippen LogP contribution >= 0.6 is 0 Å². The third-order valence-electron chi connectivity index (χ3n) is 5.49. The molecule has 3 aromatic rings. The third kappa shape index (κ3) is 3.73. The number of aliphatic hydroxyl groups excluding tert-OH is 1. The molecule has 2 atom stereocenters. The van der Waals surface area contributed by atoms with Crippen LogP contribution in [0.15, 0.2) is 36.5 Å². The van der Waals surface area contributed by atoms with Crippen molar-refractivity contribution in [2.24, 2.45) is 0 Å². The summed E-state index contributed by atoms with van der Waals surface area (Å²) in [6.07, 6.45) is 1.37. The number of carbonyl (C=O) groups is 1. The maximum atomic E-state index is 13.1. The Kier molecular flexibility index (Phi) is 5.29. The normalized spacial score (nSPS) is 18.9.